The van der Waals surface area contributed by atoms with E-state index in [4.69, 9.17) is 15.2 Å². The van der Waals surface area contributed by atoms with Crippen molar-refractivity contribution in [3.8, 4) is 33.2 Å². The maximum atomic E-state index is 6.20. The highest BCUT2D eigenvalue weighted by Crippen LogP contribution is 2.41. The molecule has 4 rings (SSSR count). The molecule has 0 bridgehead atoms. The van der Waals surface area contributed by atoms with Gasteiger partial charge in [-0.15, -0.1) is 11.3 Å². The number of aryl methyl sites for hydroxylation is 1. The van der Waals surface area contributed by atoms with Crippen LogP contribution in [0.5, 0.6) is 11.5 Å². The van der Waals surface area contributed by atoms with Gasteiger partial charge in [0, 0.05) is 13.2 Å². The van der Waals surface area contributed by atoms with Crippen LogP contribution in [0.3, 0.4) is 0 Å². The lowest BCUT2D eigenvalue weighted by atomic mass is 10.0. The van der Waals surface area contributed by atoms with E-state index in [0.717, 1.165) is 33.2 Å². The number of rotatable bonds is 2. The van der Waals surface area contributed by atoms with Crippen LogP contribution in [0.4, 0.5) is 5.82 Å². The minimum atomic E-state index is 0.253. The Morgan fingerprint density at radius 3 is 2.95 bits per heavy atom. The highest BCUT2D eigenvalue weighted by atomic mass is 32.1. The molecule has 1 aromatic carbocycles. The number of nitrogens with zero attached hydrogens (tertiary/aromatic N) is 3. The number of aromatic nitrogens is 3. The Bertz CT molecular complexity index is 811. The van der Waals surface area contributed by atoms with E-state index in [2.05, 4.69) is 10.1 Å². The predicted molar refractivity (Wildman–Crippen MR) is 80.3 cm³/mol. The molecule has 7 heteroatoms. The summed E-state index contributed by atoms with van der Waals surface area (Å²) in [5.41, 5.74) is 10.7. The van der Waals surface area contributed by atoms with Crippen LogP contribution < -0.4 is 15.2 Å². The highest BCUT2D eigenvalue weighted by Gasteiger charge is 2.21. The van der Waals surface area contributed by atoms with Gasteiger partial charge in [-0.25, -0.2) is 0 Å². The third-order valence-electron chi connectivity index (χ3n) is 3.42. The third kappa shape index (κ3) is 1.85. The fourth-order valence-corrected chi connectivity index (χ4v) is 2.99. The van der Waals surface area contributed by atoms with Gasteiger partial charge in [-0.2, -0.15) is 5.10 Å². The van der Waals surface area contributed by atoms with Gasteiger partial charge in [0.2, 0.25) is 6.79 Å². The molecule has 0 amide bonds. The van der Waals surface area contributed by atoms with Crippen molar-refractivity contribution in [1.82, 2.24) is 14.8 Å². The number of nitrogen functional groups attached to an aromatic ring is 1. The van der Waals surface area contributed by atoms with Crippen LogP contribution in [0, 0.1) is 0 Å². The SMILES string of the molecule is Cn1nc(-c2cncs2)c(-c2ccc3c(c2)OCO3)c1N. The number of hydrogen-bond donors (Lipinski definition) is 1. The van der Waals surface area contributed by atoms with E-state index in [9.17, 15) is 0 Å². The van der Waals surface area contributed by atoms with Crippen molar-refractivity contribution < 1.29 is 9.47 Å². The van der Waals surface area contributed by atoms with Crippen LogP contribution in [0.25, 0.3) is 21.7 Å². The molecule has 21 heavy (non-hydrogen) atoms. The predicted octanol–water partition coefficient (Wildman–Crippen LogP) is 2.52. The Labute approximate surface area is 124 Å². The monoisotopic (exact) mass is 300 g/mol. The lowest BCUT2D eigenvalue weighted by molar-refractivity contribution is 0.174. The molecule has 0 unspecified atom stereocenters. The summed E-state index contributed by atoms with van der Waals surface area (Å²) in [6, 6.07) is 5.78. The summed E-state index contributed by atoms with van der Waals surface area (Å²) in [4.78, 5) is 5.10. The van der Waals surface area contributed by atoms with Crippen molar-refractivity contribution in [2.24, 2.45) is 7.05 Å². The van der Waals surface area contributed by atoms with E-state index in [1.807, 2.05) is 25.2 Å². The summed E-state index contributed by atoms with van der Waals surface area (Å²) in [6.07, 6.45) is 1.79. The molecule has 3 heterocycles. The van der Waals surface area contributed by atoms with Crippen LogP contribution in [-0.4, -0.2) is 21.6 Å². The average Bonchev–Trinajstić information content (AvgIpc) is 3.20. The first-order valence-electron chi connectivity index (χ1n) is 6.35. The molecular formula is C14H12N4O2S. The molecule has 0 fully saturated rings. The topological polar surface area (TPSA) is 75.2 Å². The molecule has 6 nitrogen and oxygen atoms in total. The maximum Gasteiger partial charge on any atom is 0.231 e. The molecule has 0 atom stereocenters. The zero-order valence-electron chi connectivity index (χ0n) is 11.2. The molecule has 0 aliphatic carbocycles. The zero-order chi connectivity index (χ0) is 14.4. The molecule has 0 radical (unpaired) electrons. The summed E-state index contributed by atoms with van der Waals surface area (Å²) in [5.74, 6) is 2.09. The van der Waals surface area contributed by atoms with E-state index in [0.29, 0.717) is 5.82 Å². The van der Waals surface area contributed by atoms with E-state index < -0.39 is 0 Å². The van der Waals surface area contributed by atoms with Crippen molar-refractivity contribution in [3.63, 3.8) is 0 Å². The Morgan fingerprint density at radius 2 is 2.14 bits per heavy atom. The fourth-order valence-electron chi connectivity index (χ4n) is 2.38. The van der Waals surface area contributed by atoms with Crippen LogP contribution in [0.2, 0.25) is 0 Å². The molecular weight excluding hydrogens is 288 g/mol. The second-order valence-electron chi connectivity index (χ2n) is 4.67. The summed E-state index contributed by atoms with van der Waals surface area (Å²) < 4.78 is 12.5. The van der Waals surface area contributed by atoms with Crippen LogP contribution in [-0.2, 0) is 7.05 Å². The van der Waals surface area contributed by atoms with Crippen LogP contribution >= 0.6 is 11.3 Å². The second kappa shape index (κ2) is 4.49. The van der Waals surface area contributed by atoms with Crippen molar-refractivity contribution >= 4 is 17.2 Å². The fraction of sp³-hybridized carbons (Fsp3) is 0.143. The first-order chi connectivity index (χ1) is 10.2. The molecule has 2 aromatic heterocycles. The van der Waals surface area contributed by atoms with Crippen LogP contribution in [0.15, 0.2) is 29.9 Å². The highest BCUT2D eigenvalue weighted by molar-refractivity contribution is 7.13. The van der Waals surface area contributed by atoms with Crippen molar-refractivity contribution in [2.75, 3.05) is 12.5 Å². The third-order valence-corrected chi connectivity index (χ3v) is 4.20. The first kappa shape index (κ1) is 12.2. The minimum absolute atomic E-state index is 0.253. The largest absolute Gasteiger partial charge is 0.454 e. The quantitative estimate of drug-likeness (QED) is 0.787. The molecule has 0 saturated heterocycles. The van der Waals surface area contributed by atoms with E-state index in [-0.39, 0.29) is 6.79 Å². The molecule has 2 N–H and O–H groups in total. The first-order valence-corrected chi connectivity index (χ1v) is 7.23. The average molecular weight is 300 g/mol. The number of fused-ring (bicyclic) bond motifs is 1. The van der Waals surface area contributed by atoms with Crippen molar-refractivity contribution in [3.05, 3.63) is 29.9 Å². The number of anilines is 1. The summed E-state index contributed by atoms with van der Waals surface area (Å²) in [6.45, 7) is 0.253. The number of ether oxygens (including phenoxy) is 2. The van der Waals surface area contributed by atoms with Gasteiger partial charge in [0.1, 0.15) is 11.5 Å². The number of hydrogen-bond acceptors (Lipinski definition) is 6. The molecule has 1 aliphatic heterocycles. The number of nitrogens with two attached hydrogens (primary N) is 1. The summed E-state index contributed by atoms with van der Waals surface area (Å²) in [7, 11) is 1.83. The lowest BCUT2D eigenvalue weighted by Gasteiger charge is -2.04. The van der Waals surface area contributed by atoms with E-state index >= 15 is 0 Å². The Kier molecular flexibility index (Phi) is 2.61. The maximum absolute atomic E-state index is 6.20. The Hall–Kier alpha value is -2.54. The van der Waals surface area contributed by atoms with Gasteiger partial charge < -0.3 is 15.2 Å². The number of benzene rings is 1. The molecule has 0 spiro atoms. The summed E-state index contributed by atoms with van der Waals surface area (Å²) >= 11 is 1.53. The Morgan fingerprint density at radius 1 is 1.29 bits per heavy atom. The van der Waals surface area contributed by atoms with Gasteiger partial charge in [0.05, 0.1) is 16.0 Å². The molecule has 3 aromatic rings. The smallest absolute Gasteiger partial charge is 0.231 e. The van der Waals surface area contributed by atoms with Gasteiger partial charge in [-0.05, 0) is 17.7 Å². The second-order valence-corrected chi connectivity index (χ2v) is 5.55. The molecule has 106 valence electrons. The Balaban J connectivity index is 1.92. The van der Waals surface area contributed by atoms with Gasteiger partial charge in [-0.1, -0.05) is 6.07 Å². The van der Waals surface area contributed by atoms with Gasteiger partial charge in [-0.3, -0.25) is 9.67 Å². The van der Waals surface area contributed by atoms with E-state index in [1.54, 1.807) is 16.4 Å². The van der Waals surface area contributed by atoms with Crippen molar-refractivity contribution in [1.29, 1.82) is 0 Å². The van der Waals surface area contributed by atoms with Gasteiger partial charge in [0.15, 0.2) is 11.5 Å². The minimum Gasteiger partial charge on any atom is -0.454 e. The standard InChI is InChI=1S/C14H12N4O2S/c1-18-14(15)12(13(17-18)11-5-16-6-21-11)8-2-3-9-10(4-8)20-7-19-9/h2-6H,7,15H2,1H3. The molecule has 1 aliphatic rings. The van der Waals surface area contributed by atoms with Gasteiger partial charge in [0.25, 0.3) is 0 Å². The normalized spacial score (nSPS) is 12.8. The molecule has 0 saturated carbocycles. The van der Waals surface area contributed by atoms with E-state index in [1.165, 1.54) is 11.3 Å². The van der Waals surface area contributed by atoms with Gasteiger partial charge >= 0.3 is 0 Å². The number of thiazole rings is 1. The summed E-state index contributed by atoms with van der Waals surface area (Å²) in [5, 5.41) is 4.51. The van der Waals surface area contributed by atoms with Crippen LogP contribution in [0.1, 0.15) is 0 Å². The van der Waals surface area contributed by atoms with Crippen molar-refractivity contribution in [2.45, 2.75) is 0 Å². The zero-order valence-corrected chi connectivity index (χ0v) is 12.1. The lowest BCUT2D eigenvalue weighted by Crippen LogP contribution is -1.98.